The van der Waals surface area contributed by atoms with Crippen LogP contribution in [0, 0.1) is 0 Å². The standard InChI is InChI=1S/C14H21ClN4O2/c1-19-4-3-17-7-9(8-19)18-14(20)10-5-11(15)12(16)6-13(10)21-2/h5-6,9,17H,3-4,7-8,16H2,1-2H3,(H,18,20). The van der Waals surface area contributed by atoms with E-state index < -0.39 is 0 Å². The lowest BCUT2D eigenvalue weighted by Crippen LogP contribution is -2.45. The Bertz CT molecular complexity index is 524. The molecule has 1 aliphatic heterocycles. The molecule has 1 saturated heterocycles. The summed E-state index contributed by atoms with van der Waals surface area (Å²) in [5.41, 5.74) is 6.51. The van der Waals surface area contributed by atoms with Crippen molar-refractivity contribution in [3.8, 4) is 5.75 Å². The van der Waals surface area contributed by atoms with E-state index in [-0.39, 0.29) is 11.9 Å². The Kier molecular flexibility index (Phi) is 5.27. The fourth-order valence-corrected chi connectivity index (χ4v) is 2.52. The van der Waals surface area contributed by atoms with E-state index >= 15 is 0 Å². The Labute approximate surface area is 129 Å². The Morgan fingerprint density at radius 2 is 2.33 bits per heavy atom. The van der Waals surface area contributed by atoms with Gasteiger partial charge in [-0.15, -0.1) is 0 Å². The van der Waals surface area contributed by atoms with E-state index in [0.717, 1.165) is 26.2 Å². The highest BCUT2D eigenvalue weighted by Gasteiger charge is 2.21. The number of nitrogens with two attached hydrogens (primary N) is 1. The van der Waals surface area contributed by atoms with Gasteiger partial charge in [-0.1, -0.05) is 11.6 Å². The summed E-state index contributed by atoms with van der Waals surface area (Å²) in [5.74, 6) is 0.209. The van der Waals surface area contributed by atoms with Crippen LogP contribution in [0.4, 0.5) is 5.69 Å². The van der Waals surface area contributed by atoms with E-state index in [2.05, 4.69) is 15.5 Å². The number of nitrogen functional groups attached to an aromatic ring is 1. The van der Waals surface area contributed by atoms with Gasteiger partial charge in [0.1, 0.15) is 5.75 Å². The summed E-state index contributed by atoms with van der Waals surface area (Å²) >= 11 is 6.00. The molecule has 2 rings (SSSR count). The zero-order valence-corrected chi connectivity index (χ0v) is 13.0. The first kappa shape index (κ1) is 15.9. The normalized spacial score (nSPS) is 19.9. The third-order valence-corrected chi connectivity index (χ3v) is 3.82. The largest absolute Gasteiger partial charge is 0.496 e. The van der Waals surface area contributed by atoms with E-state index in [1.807, 2.05) is 7.05 Å². The molecule has 1 amide bonds. The minimum atomic E-state index is -0.212. The van der Waals surface area contributed by atoms with E-state index in [9.17, 15) is 4.79 Å². The summed E-state index contributed by atoms with van der Waals surface area (Å²) in [6.07, 6.45) is 0. The first-order valence-corrected chi connectivity index (χ1v) is 7.22. The molecule has 0 radical (unpaired) electrons. The van der Waals surface area contributed by atoms with Crippen LogP contribution in [0.3, 0.4) is 0 Å². The van der Waals surface area contributed by atoms with E-state index in [1.165, 1.54) is 7.11 Å². The number of carbonyl (C=O) groups excluding carboxylic acids is 1. The van der Waals surface area contributed by atoms with Crippen molar-refractivity contribution in [1.29, 1.82) is 0 Å². The molecule has 4 N–H and O–H groups in total. The highest BCUT2D eigenvalue weighted by Crippen LogP contribution is 2.28. The van der Waals surface area contributed by atoms with Crippen LogP contribution in [-0.2, 0) is 0 Å². The molecular formula is C14H21ClN4O2. The number of ether oxygens (including phenoxy) is 1. The van der Waals surface area contributed by atoms with Crippen molar-refractivity contribution in [2.45, 2.75) is 6.04 Å². The molecule has 7 heteroatoms. The van der Waals surface area contributed by atoms with E-state index in [0.29, 0.717) is 22.0 Å². The van der Waals surface area contributed by atoms with Gasteiger partial charge in [-0.25, -0.2) is 0 Å². The highest BCUT2D eigenvalue weighted by molar-refractivity contribution is 6.33. The highest BCUT2D eigenvalue weighted by atomic mass is 35.5. The summed E-state index contributed by atoms with van der Waals surface area (Å²) in [7, 11) is 3.53. The summed E-state index contributed by atoms with van der Waals surface area (Å²) in [5, 5.41) is 6.65. The smallest absolute Gasteiger partial charge is 0.255 e. The fraction of sp³-hybridized carbons (Fsp3) is 0.500. The zero-order chi connectivity index (χ0) is 15.4. The SMILES string of the molecule is COc1cc(N)c(Cl)cc1C(=O)NC1CNCCN(C)C1. The van der Waals surface area contributed by atoms with Gasteiger partial charge in [0.15, 0.2) is 0 Å². The van der Waals surface area contributed by atoms with Gasteiger partial charge in [0.05, 0.1) is 29.4 Å². The number of benzene rings is 1. The number of nitrogens with zero attached hydrogens (tertiary/aromatic N) is 1. The molecule has 0 aromatic heterocycles. The average Bonchev–Trinajstić information content (AvgIpc) is 2.65. The van der Waals surface area contributed by atoms with Crippen LogP contribution in [0.25, 0.3) is 0 Å². The number of carbonyl (C=O) groups is 1. The van der Waals surface area contributed by atoms with Gasteiger partial charge in [-0.05, 0) is 13.1 Å². The van der Waals surface area contributed by atoms with Crippen molar-refractivity contribution in [3.05, 3.63) is 22.7 Å². The van der Waals surface area contributed by atoms with Crippen molar-refractivity contribution < 1.29 is 9.53 Å². The van der Waals surface area contributed by atoms with Gasteiger partial charge in [-0.2, -0.15) is 0 Å². The van der Waals surface area contributed by atoms with Gasteiger partial charge < -0.3 is 26.0 Å². The summed E-state index contributed by atoms with van der Waals surface area (Å²) in [4.78, 5) is 14.6. The van der Waals surface area contributed by atoms with Crippen molar-refractivity contribution in [3.63, 3.8) is 0 Å². The van der Waals surface area contributed by atoms with Gasteiger partial charge in [-0.3, -0.25) is 4.79 Å². The number of rotatable bonds is 3. The van der Waals surface area contributed by atoms with Crippen LogP contribution < -0.4 is 21.1 Å². The molecule has 0 saturated carbocycles. The van der Waals surface area contributed by atoms with Gasteiger partial charge >= 0.3 is 0 Å². The van der Waals surface area contributed by atoms with E-state index in [1.54, 1.807) is 12.1 Å². The Morgan fingerprint density at radius 1 is 1.57 bits per heavy atom. The maximum absolute atomic E-state index is 12.4. The monoisotopic (exact) mass is 312 g/mol. The molecule has 21 heavy (non-hydrogen) atoms. The van der Waals surface area contributed by atoms with Crippen molar-refractivity contribution in [1.82, 2.24) is 15.5 Å². The number of hydrogen-bond donors (Lipinski definition) is 3. The van der Waals surface area contributed by atoms with Gasteiger partial charge in [0.2, 0.25) is 0 Å². The quantitative estimate of drug-likeness (QED) is 0.711. The second-order valence-electron chi connectivity index (χ2n) is 5.21. The molecular weight excluding hydrogens is 292 g/mol. The first-order chi connectivity index (χ1) is 10.0. The fourth-order valence-electron chi connectivity index (χ4n) is 2.35. The van der Waals surface area contributed by atoms with Crippen LogP contribution in [0.15, 0.2) is 12.1 Å². The number of amides is 1. The molecule has 1 aromatic carbocycles. The average molecular weight is 313 g/mol. The third kappa shape index (κ3) is 4.00. The van der Waals surface area contributed by atoms with Crippen LogP contribution in [-0.4, -0.2) is 57.2 Å². The van der Waals surface area contributed by atoms with Crippen LogP contribution in [0.5, 0.6) is 5.75 Å². The van der Waals surface area contributed by atoms with Gasteiger partial charge in [0.25, 0.3) is 5.91 Å². The van der Waals surface area contributed by atoms with Crippen LogP contribution >= 0.6 is 11.6 Å². The Hall–Kier alpha value is -1.50. The number of likely N-dealkylation sites (N-methyl/N-ethyl adjacent to an activating group) is 1. The molecule has 1 atom stereocenters. The number of halogens is 1. The lowest BCUT2D eigenvalue weighted by molar-refractivity contribution is 0.0928. The molecule has 1 aliphatic rings. The number of nitrogens with one attached hydrogen (secondary N) is 2. The maximum atomic E-state index is 12.4. The topological polar surface area (TPSA) is 79.6 Å². The van der Waals surface area contributed by atoms with Crippen molar-refractivity contribution in [2.24, 2.45) is 0 Å². The lowest BCUT2D eigenvalue weighted by atomic mass is 10.1. The third-order valence-electron chi connectivity index (χ3n) is 3.49. The maximum Gasteiger partial charge on any atom is 0.255 e. The number of anilines is 1. The molecule has 0 aliphatic carbocycles. The van der Waals surface area contributed by atoms with Crippen molar-refractivity contribution >= 4 is 23.2 Å². The van der Waals surface area contributed by atoms with Gasteiger partial charge in [0, 0.05) is 32.2 Å². The zero-order valence-electron chi connectivity index (χ0n) is 12.3. The lowest BCUT2D eigenvalue weighted by Gasteiger charge is -2.21. The van der Waals surface area contributed by atoms with Crippen LogP contribution in [0.1, 0.15) is 10.4 Å². The molecule has 1 aromatic rings. The predicted molar refractivity (Wildman–Crippen MR) is 84.0 cm³/mol. The summed E-state index contributed by atoms with van der Waals surface area (Å²) in [6, 6.07) is 3.14. The minimum absolute atomic E-state index is 0.0334. The Balaban J connectivity index is 2.14. The predicted octanol–water partition coefficient (Wildman–Crippen LogP) is 0.564. The van der Waals surface area contributed by atoms with Crippen LogP contribution in [0.2, 0.25) is 5.02 Å². The first-order valence-electron chi connectivity index (χ1n) is 6.84. The molecule has 6 nitrogen and oxygen atoms in total. The number of methoxy groups -OCH3 is 1. The minimum Gasteiger partial charge on any atom is -0.496 e. The molecule has 116 valence electrons. The number of hydrogen-bond acceptors (Lipinski definition) is 5. The van der Waals surface area contributed by atoms with E-state index in [4.69, 9.17) is 22.1 Å². The summed E-state index contributed by atoms with van der Waals surface area (Å²) in [6.45, 7) is 3.41. The molecule has 0 spiro atoms. The molecule has 0 bridgehead atoms. The molecule has 1 unspecified atom stereocenters. The molecule has 1 fully saturated rings. The van der Waals surface area contributed by atoms with Crippen molar-refractivity contribution in [2.75, 3.05) is 46.1 Å². The second kappa shape index (κ2) is 6.98. The summed E-state index contributed by atoms with van der Waals surface area (Å²) < 4.78 is 5.21. The molecule has 1 heterocycles. The second-order valence-corrected chi connectivity index (χ2v) is 5.62. The Morgan fingerprint density at radius 3 is 3.05 bits per heavy atom.